The number of rotatable bonds is 9. The zero-order chi connectivity index (χ0) is 24.4. The fraction of sp³-hybridized carbons (Fsp3) is 0.417. The van der Waals surface area contributed by atoms with Gasteiger partial charge in [-0.25, -0.2) is 4.39 Å². The Balaban J connectivity index is 1.23. The molecule has 0 saturated carbocycles. The van der Waals surface area contributed by atoms with Gasteiger partial charge in [-0.05, 0) is 43.9 Å². The van der Waals surface area contributed by atoms with Gasteiger partial charge in [0, 0.05) is 51.0 Å². The Kier molecular flexibility index (Phi) is 6.72. The van der Waals surface area contributed by atoms with Crippen LogP contribution >= 0.6 is 11.6 Å². The van der Waals surface area contributed by atoms with Gasteiger partial charge in [0.25, 0.3) is 10.9 Å². The highest BCUT2D eigenvalue weighted by Crippen LogP contribution is 2.26. The van der Waals surface area contributed by atoms with Crippen molar-refractivity contribution < 1.29 is 4.39 Å². The summed E-state index contributed by atoms with van der Waals surface area (Å²) in [5.74, 6) is 1.79. The lowest BCUT2D eigenvalue weighted by molar-refractivity contribution is 0.629. The maximum Gasteiger partial charge on any atom is 0.253 e. The molecule has 3 heterocycles. The third-order valence-corrected chi connectivity index (χ3v) is 6.66. The van der Waals surface area contributed by atoms with Gasteiger partial charge >= 0.3 is 0 Å². The Morgan fingerprint density at radius 3 is 2.23 bits per heavy atom. The van der Waals surface area contributed by atoms with Crippen molar-refractivity contribution in [1.29, 1.82) is 0 Å². The van der Waals surface area contributed by atoms with Gasteiger partial charge in [0.15, 0.2) is 0 Å². The van der Waals surface area contributed by atoms with Gasteiger partial charge in [-0.1, -0.05) is 11.6 Å². The largest absolute Gasteiger partial charge is 0.378 e. The van der Waals surface area contributed by atoms with Crippen molar-refractivity contribution in [3.63, 3.8) is 0 Å². The second kappa shape index (κ2) is 10.1. The molecule has 35 heavy (non-hydrogen) atoms. The predicted octanol–water partition coefficient (Wildman–Crippen LogP) is 3.33. The normalized spacial score (nSPS) is 15.7. The van der Waals surface area contributed by atoms with Crippen LogP contribution in [-0.2, 0) is 0 Å². The minimum absolute atomic E-state index is 0.0181. The number of aromatic nitrogens is 2. The standard InChI is InChI=1S/C24H27ClFN7O2/c25-16-6-5-15(13-17(16)26)29-21-20(22(34)23(21)35)28-8-7-27-18-14-19(32-9-1-2-10-32)31-24(30-18)33-11-3-4-12-33/h5-6,13-14,28-29H,1-4,7-12H2,(H,27,30,31). The molecule has 2 fully saturated rings. The van der Waals surface area contributed by atoms with Crippen molar-refractivity contribution in [1.82, 2.24) is 9.97 Å². The summed E-state index contributed by atoms with van der Waals surface area (Å²) in [4.78, 5) is 38.1. The first-order chi connectivity index (χ1) is 17.0. The molecular formula is C24H27ClFN7O2. The zero-order valence-electron chi connectivity index (χ0n) is 19.2. The second-order valence-electron chi connectivity index (χ2n) is 8.82. The molecular weight excluding hydrogens is 473 g/mol. The molecule has 0 bridgehead atoms. The number of nitrogens with zero attached hydrogens (tertiary/aromatic N) is 4. The molecule has 0 atom stereocenters. The summed E-state index contributed by atoms with van der Waals surface area (Å²) in [6.07, 6.45) is 4.61. The number of hydrogen-bond donors (Lipinski definition) is 3. The summed E-state index contributed by atoms with van der Waals surface area (Å²) >= 11 is 5.70. The van der Waals surface area contributed by atoms with E-state index in [2.05, 4.69) is 25.8 Å². The Hall–Kier alpha value is -3.40. The van der Waals surface area contributed by atoms with E-state index in [1.165, 1.54) is 12.1 Å². The van der Waals surface area contributed by atoms with E-state index in [0.717, 1.165) is 69.4 Å². The molecule has 2 aliphatic heterocycles. The van der Waals surface area contributed by atoms with Crippen molar-refractivity contribution in [3.8, 4) is 0 Å². The van der Waals surface area contributed by atoms with E-state index in [-0.39, 0.29) is 16.4 Å². The average Bonchev–Trinajstić information content (AvgIpc) is 3.59. The van der Waals surface area contributed by atoms with Crippen LogP contribution in [0, 0.1) is 5.82 Å². The highest BCUT2D eigenvalue weighted by molar-refractivity contribution is 6.30. The molecule has 0 spiro atoms. The highest BCUT2D eigenvalue weighted by Gasteiger charge is 2.22. The van der Waals surface area contributed by atoms with Gasteiger partial charge in [0.1, 0.15) is 28.8 Å². The number of halogens is 2. The third kappa shape index (κ3) is 5.02. The van der Waals surface area contributed by atoms with Crippen LogP contribution in [0.3, 0.4) is 0 Å². The Labute approximate surface area is 207 Å². The minimum Gasteiger partial charge on any atom is -0.378 e. The minimum atomic E-state index is -0.642. The van der Waals surface area contributed by atoms with Gasteiger partial charge in [-0.15, -0.1) is 0 Å². The topological polar surface area (TPSA) is 102 Å². The fourth-order valence-corrected chi connectivity index (χ4v) is 4.57. The van der Waals surface area contributed by atoms with Gasteiger partial charge in [-0.3, -0.25) is 9.59 Å². The van der Waals surface area contributed by atoms with Gasteiger partial charge in [0.05, 0.1) is 5.02 Å². The molecule has 0 unspecified atom stereocenters. The van der Waals surface area contributed by atoms with Crippen LogP contribution in [0.1, 0.15) is 25.7 Å². The molecule has 11 heteroatoms. The molecule has 0 radical (unpaired) electrons. The molecule has 1 aromatic heterocycles. The first kappa shape index (κ1) is 23.3. The van der Waals surface area contributed by atoms with E-state index >= 15 is 0 Å². The predicted molar refractivity (Wildman–Crippen MR) is 138 cm³/mol. The van der Waals surface area contributed by atoms with E-state index in [0.29, 0.717) is 18.8 Å². The maximum absolute atomic E-state index is 13.7. The lowest BCUT2D eigenvalue weighted by atomic mass is 10.1. The van der Waals surface area contributed by atoms with Gasteiger partial charge in [-0.2, -0.15) is 9.97 Å². The summed E-state index contributed by atoms with van der Waals surface area (Å²) in [6.45, 7) is 4.77. The molecule has 0 aliphatic carbocycles. The number of benzene rings is 1. The van der Waals surface area contributed by atoms with Crippen molar-refractivity contribution in [2.75, 3.05) is 65.0 Å². The highest BCUT2D eigenvalue weighted by atomic mass is 35.5. The van der Waals surface area contributed by atoms with Crippen molar-refractivity contribution in [2.45, 2.75) is 25.7 Å². The van der Waals surface area contributed by atoms with E-state index in [9.17, 15) is 14.0 Å². The van der Waals surface area contributed by atoms with E-state index in [4.69, 9.17) is 21.6 Å². The van der Waals surface area contributed by atoms with Crippen molar-refractivity contribution in [3.05, 3.63) is 55.6 Å². The molecule has 2 aliphatic rings. The second-order valence-corrected chi connectivity index (χ2v) is 9.22. The van der Waals surface area contributed by atoms with E-state index in [1.807, 2.05) is 6.07 Å². The Morgan fingerprint density at radius 1 is 0.857 bits per heavy atom. The quantitative estimate of drug-likeness (QED) is 0.302. The fourth-order valence-electron chi connectivity index (χ4n) is 4.46. The Morgan fingerprint density at radius 2 is 1.51 bits per heavy atom. The van der Waals surface area contributed by atoms with Crippen LogP contribution in [-0.4, -0.2) is 49.2 Å². The third-order valence-electron chi connectivity index (χ3n) is 6.35. The average molecular weight is 500 g/mol. The van der Waals surface area contributed by atoms with E-state index in [1.54, 1.807) is 6.07 Å². The number of hydrogen-bond acceptors (Lipinski definition) is 9. The van der Waals surface area contributed by atoms with Crippen LogP contribution < -0.4 is 36.6 Å². The van der Waals surface area contributed by atoms with Crippen molar-refractivity contribution >= 4 is 46.2 Å². The summed E-state index contributed by atoms with van der Waals surface area (Å²) in [6, 6.07) is 6.06. The Bertz CT molecular complexity index is 1250. The zero-order valence-corrected chi connectivity index (χ0v) is 20.0. The number of anilines is 6. The van der Waals surface area contributed by atoms with Crippen molar-refractivity contribution in [2.24, 2.45) is 0 Å². The first-order valence-corrected chi connectivity index (χ1v) is 12.3. The molecule has 0 amide bonds. The van der Waals surface area contributed by atoms with Crippen LogP contribution in [0.25, 0.3) is 0 Å². The first-order valence-electron chi connectivity index (χ1n) is 11.9. The molecule has 3 aromatic rings. The lowest BCUT2D eigenvalue weighted by Crippen LogP contribution is -2.37. The smallest absolute Gasteiger partial charge is 0.253 e. The summed E-state index contributed by atoms with van der Waals surface area (Å²) in [7, 11) is 0. The maximum atomic E-state index is 13.7. The molecule has 2 aromatic carbocycles. The summed E-state index contributed by atoms with van der Waals surface area (Å²) in [5.41, 5.74) is -0.601. The summed E-state index contributed by atoms with van der Waals surface area (Å²) in [5, 5.41) is 9.11. The monoisotopic (exact) mass is 499 g/mol. The molecule has 9 nitrogen and oxygen atoms in total. The molecule has 2 saturated heterocycles. The molecule has 3 N–H and O–H groups in total. The van der Waals surface area contributed by atoms with Crippen LogP contribution in [0.2, 0.25) is 5.02 Å². The van der Waals surface area contributed by atoms with Crippen LogP contribution in [0.4, 0.5) is 39.0 Å². The van der Waals surface area contributed by atoms with Crippen LogP contribution in [0.5, 0.6) is 0 Å². The molecule has 184 valence electrons. The van der Waals surface area contributed by atoms with Gasteiger partial charge in [0.2, 0.25) is 5.95 Å². The molecule has 5 rings (SSSR count). The lowest BCUT2D eigenvalue weighted by Gasteiger charge is -2.22. The van der Waals surface area contributed by atoms with E-state index < -0.39 is 16.7 Å². The number of nitrogens with one attached hydrogen (secondary N) is 3. The SMILES string of the molecule is O=c1c(NCCNc2cc(N3CCCC3)nc(N3CCCC3)n2)c(Nc2ccc(Cl)c(F)c2)c1=O. The van der Waals surface area contributed by atoms with Crippen LogP contribution in [0.15, 0.2) is 33.9 Å². The summed E-state index contributed by atoms with van der Waals surface area (Å²) < 4.78 is 13.7. The van der Waals surface area contributed by atoms with Gasteiger partial charge < -0.3 is 25.8 Å².